The van der Waals surface area contributed by atoms with E-state index in [2.05, 4.69) is 21.2 Å². The van der Waals surface area contributed by atoms with Crippen molar-refractivity contribution in [1.29, 1.82) is 0 Å². The van der Waals surface area contributed by atoms with Crippen molar-refractivity contribution in [2.75, 3.05) is 38.6 Å². The molecule has 3 rings (SSSR count). The highest BCUT2D eigenvalue weighted by atomic mass is 79.9. The molecule has 0 bridgehead atoms. The number of carbonyl (C=O) groups excluding carboxylic acids is 3. The predicted octanol–water partition coefficient (Wildman–Crippen LogP) is 2.70. The lowest BCUT2D eigenvalue weighted by Gasteiger charge is -2.39. The molecular weight excluding hydrogens is 476 g/mol. The van der Waals surface area contributed by atoms with Crippen LogP contribution in [0.5, 0.6) is 5.75 Å². The summed E-state index contributed by atoms with van der Waals surface area (Å²) in [7, 11) is 1.69. The Morgan fingerprint density at radius 2 is 1.90 bits per heavy atom. The molecule has 1 atom stereocenters. The minimum atomic E-state index is -0.833. The Morgan fingerprint density at radius 1 is 1.19 bits per heavy atom. The van der Waals surface area contributed by atoms with E-state index in [0.717, 1.165) is 16.6 Å². The van der Waals surface area contributed by atoms with E-state index in [0.29, 0.717) is 23.6 Å². The maximum atomic E-state index is 13.2. The van der Waals surface area contributed by atoms with Crippen molar-refractivity contribution in [3.05, 3.63) is 58.1 Å². The van der Waals surface area contributed by atoms with Gasteiger partial charge in [-0.2, -0.15) is 0 Å². The number of anilines is 1. The quantitative estimate of drug-likeness (QED) is 0.623. The SMILES string of the molecule is CNc1ccc(Br)cc1C(=O)N1CCN(C(=O)COc2cc(F)cc(F)c2)CC1C=O. The fourth-order valence-corrected chi connectivity index (χ4v) is 3.68. The predicted molar refractivity (Wildman–Crippen MR) is 113 cm³/mol. The van der Waals surface area contributed by atoms with Crippen molar-refractivity contribution in [1.82, 2.24) is 9.80 Å². The first-order valence-corrected chi connectivity index (χ1v) is 10.2. The number of hydrogen-bond donors (Lipinski definition) is 1. The van der Waals surface area contributed by atoms with E-state index in [-0.39, 0.29) is 31.3 Å². The molecule has 164 valence electrons. The third-order valence-corrected chi connectivity index (χ3v) is 5.36. The molecule has 1 heterocycles. The molecule has 1 unspecified atom stereocenters. The third kappa shape index (κ3) is 5.38. The first-order chi connectivity index (χ1) is 14.8. The summed E-state index contributed by atoms with van der Waals surface area (Å²) in [6, 6.07) is 7.02. The zero-order valence-electron chi connectivity index (χ0n) is 16.6. The van der Waals surface area contributed by atoms with Crippen molar-refractivity contribution in [3.63, 3.8) is 0 Å². The van der Waals surface area contributed by atoms with Crippen molar-refractivity contribution < 1.29 is 27.9 Å². The van der Waals surface area contributed by atoms with E-state index in [1.54, 1.807) is 25.2 Å². The van der Waals surface area contributed by atoms with Crippen LogP contribution in [-0.2, 0) is 9.59 Å². The van der Waals surface area contributed by atoms with Crippen LogP contribution >= 0.6 is 15.9 Å². The normalized spacial score (nSPS) is 16.1. The summed E-state index contributed by atoms with van der Waals surface area (Å²) in [5, 5.41) is 2.95. The number of ether oxygens (including phenoxy) is 1. The van der Waals surface area contributed by atoms with Crippen molar-refractivity contribution in [2.24, 2.45) is 0 Å². The number of benzene rings is 2. The van der Waals surface area contributed by atoms with Gasteiger partial charge in [-0.3, -0.25) is 9.59 Å². The summed E-state index contributed by atoms with van der Waals surface area (Å²) in [4.78, 5) is 40.0. The average Bonchev–Trinajstić information content (AvgIpc) is 2.75. The van der Waals surface area contributed by atoms with Crippen LogP contribution in [0.15, 0.2) is 40.9 Å². The first-order valence-electron chi connectivity index (χ1n) is 9.42. The number of hydrogen-bond acceptors (Lipinski definition) is 5. The lowest BCUT2D eigenvalue weighted by atomic mass is 10.1. The van der Waals surface area contributed by atoms with Crippen molar-refractivity contribution in [3.8, 4) is 5.75 Å². The number of halogens is 3. The molecule has 1 N–H and O–H groups in total. The van der Waals surface area contributed by atoms with Gasteiger partial charge in [-0.05, 0) is 18.2 Å². The lowest BCUT2D eigenvalue weighted by molar-refractivity contribution is -0.136. The molecule has 31 heavy (non-hydrogen) atoms. The molecule has 1 aliphatic rings. The Morgan fingerprint density at radius 3 is 2.55 bits per heavy atom. The average molecular weight is 496 g/mol. The van der Waals surface area contributed by atoms with Gasteiger partial charge in [-0.25, -0.2) is 8.78 Å². The molecule has 2 aromatic carbocycles. The molecule has 2 aromatic rings. The van der Waals surface area contributed by atoms with Gasteiger partial charge >= 0.3 is 0 Å². The van der Waals surface area contributed by atoms with Gasteiger partial charge in [0, 0.05) is 55.0 Å². The Labute approximate surface area is 186 Å². The van der Waals surface area contributed by atoms with E-state index in [4.69, 9.17) is 4.74 Å². The molecule has 0 saturated carbocycles. The minimum absolute atomic E-state index is 0.00215. The fraction of sp³-hybridized carbons (Fsp3) is 0.286. The van der Waals surface area contributed by atoms with Crippen LogP contribution in [0.3, 0.4) is 0 Å². The number of rotatable bonds is 6. The van der Waals surface area contributed by atoms with Crippen LogP contribution in [0.25, 0.3) is 0 Å². The molecule has 10 heteroatoms. The smallest absolute Gasteiger partial charge is 0.260 e. The molecule has 0 spiro atoms. The van der Waals surface area contributed by atoms with Gasteiger partial charge in [-0.15, -0.1) is 0 Å². The Kier molecular flexibility index (Phi) is 7.21. The molecule has 2 amide bonds. The van der Waals surface area contributed by atoms with Crippen LogP contribution in [0, 0.1) is 11.6 Å². The summed E-state index contributed by atoms with van der Waals surface area (Å²) in [5.41, 5.74) is 1.02. The molecule has 0 radical (unpaired) electrons. The number of carbonyl (C=O) groups is 3. The Hall–Kier alpha value is -3.01. The topological polar surface area (TPSA) is 79.0 Å². The standard InChI is InChI=1S/C21H20BrF2N3O4/c1-25-19-3-2-13(22)6-18(19)21(30)27-5-4-26(10-16(27)11-28)20(29)12-31-17-8-14(23)7-15(24)9-17/h2-3,6-9,11,16,25H,4-5,10,12H2,1H3. The second-order valence-corrected chi connectivity index (χ2v) is 7.79. The van der Waals surface area contributed by atoms with E-state index in [1.165, 1.54) is 9.80 Å². The van der Waals surface area contributed by atoms with Crippen LogP contribution in [0.1, 0.15) is 10.4 Å². The monoisotopic (exact) mass is 495 g/mol. The summed E-state index contributed by atoms with van der Waals surface area (Å²) in [6.07, 6.45) is 0.622. The van der Waals surface area contributed by atoms with Gasteiger partial charge in [0.05, 0.1) is 5.56 Å². The summed E-state index contributed by atoms with van der Waals surface area (Å²) >= 11 is 3.34. The van der Waals surface area contributed by atoms with Crippen LogP contribution in [-0.4, -0.2) is 67.2 Å². The maximum absolute atomic E-state index is 13.2. The largest absolute Gasteiger partial charge is 0.484 e. The third-order valence-electron chi connectivity index (χ3n) is 4.87. The van der Waals surface area contributed by atoms with Gasteiger partial charge < -0.3 is 24.6 Å². The maximum Gasteiger partial charge on any atom is 0.260 e. The zero-order valence-corrected chi connectivity index (χ0v) is 18.2. The summed E-state index contributed by atoms with van der Waals surface area (Å²) in [5.74, 6) is -2.53. The molecule has 0 aliphatic carbocycles. The summed E-state index contributed by atoms with van der Waals surface area (Å²) < 4.78 is 32.4. The zero-order chi connectivity index (χ0) is 22.5. The minimum Gasteiger partial charge on any atom is -0.484 e. The van der Waals surface area contributed by atoms with Crippen LogP contribution in [0.2, 0.25) is 0 Å². The van der Waals surface area contributed by atoms with E-state index < -0.39 is 30.2 Å². The highest BCUT2D eigenvalue weighted by Gasteiger charge is 2.33. The van der Waals surface area contributed by atoms with Gasteiger partial charge in [0.25, 0.3) is 11.8 Å². The van der Waals surface area contributed by atoms with Gasteiger partial charge in [0.15, 0.2) is 6.61 Å². The Bertz CT molecular complexity index is 984. The highest BCUT2D eigenvalue weighted by molar-refractivity contribution is 9.10. The van der Waals surface area contributed by atoms with Gasteiger partial charge in [0.1, 0.15) is 29.7 Å². The lowest BCUT2D eigenvalue weighted by Crippen LogP contribution is -2.57. The number of nitrogens with zero attached hydrogens (tertiary/aromatic N) is 2. The molecule has 1 saturated heterocycles. The van der Waals surface area contributed by atoms with Crippen LogP contribution < -0.4 is 10.1 Å². The van der Waals surface area contributed by atoms with E-state index in [1.807, 2.05) is 0 Å². The number of amides is 2. The molecule has 1 aliphatic heterocycles. The van der Waals surface area contributed by atoms with Crippen molar-refractivity contribution >= 4 is 39.7 Å². The molecule has 7 nitrogen and oxygen atoms in total. The van der Waals surface area contributed by atoms with E-state index in [9.17, 15) is 23.2 Å². The molecule has 0 aromatic heterocycles. The number of nitrogens with one attached hydrogen (secondary N) is 1. The highest BCUT2D eigenvalue weighted by Crippen LogP contribution is 2.24. The van der Waals surface area contributed by atoms with Crippen LogP contribution in [0.4, 0.5) is 14.5 Å². The Balaban J connectivity index is 1.66. The van der Waals surface area contributed by atoms with Gasteiger partial charge in [-0.1, -0.05) is 15.9 Å². The number of piperazine rings is 1. The van der Waals surface area contributed by atoms with Gasteiger partial charge in [0.2, 0.25) is 0 Å². The molecular formula is C21H20BrF2N3O4. The number of aldehydes is 1. The second kappa shape index (κ2) is 9.86. The van der Waals surface area contributed by atoms with Crippen molar-refractivity contribution in [2.45, 2.75) is 6.04 Å². The fourth-order valence-electron chi connectivity index (χ4n) is 3.32. The second-order valence-electron chi connectivity index (χ2n) is 6.88. The summed E-state index contributed by atoms with van der Waals surface area (Å²) in [6.45, 7) is -0.104. The molecule has 1 fully saturated rings. The first kappa shape index (κ1) is 22.7. The van der Waals surface area contributed by atoms with E-state index >= 15 is 0 Å².